The zero-order valence-electron chi connectivity index (χ0n) is 11.8. The number of aromatic nitrogens is 2. The van der Waals surface area contributed by atoms with Crippen LogP contribution >= 0.6 is 0 Å². The van der Waals surface area contributed by atoms with Gasteiger partial charge in [0.2, 0.25) is 11.9 Å². The predicted octanol–water partition coefficient (Wildman–Crippen LogP) is 0.984. The van der Waals surface area contributed by atoms with Crippen LogP contribution in [0.3, 0.4) is 0 Å². The van der Waals surface area contributed by atoms with Crippen LogP contribution in [0.15, 0.2) is 6.07 Å². The molecule has 1 amide bonds. The number of hydrogen-bond acceptors (Lipinski definition) is 6. The molecule has 1 aliphatic heterocycles. The van der Waals surface area contributed by atoms with Crippen LogP contribution in [0.4, 0.5) is 19.1 Å². The molecule has 0 aromatic carbocycles. The molecule has 1 saturated heterocycles. The highest BCUT2D eigenvalue weighted by Crippen LogP contribution is 2.22. The zero-order chi connectivity index (χ0) is 16.5. The summed E-state index contributed by atoms with van der Waals surface area (Å²) in [5.74, 6) is -3.20. The number of nitrogens with zero attached hydrogens (tertiary/aromatic N) is 3. The van der Waals surface area contributed by atoms with Crippen molar-refractivity contribution in [1.82, 2.24) is 15.0 Å². The van der Waals surface area contributed by atoms with Crippen molar-refractivity contribution >= 4 is 17.8 Å². The zero-order valence-corrected chi connectivity index (χ0v) is 11.8. The van der Waals surface area contributed by atoms with Crippen molar-refractivity contribution in [3.8, 4) is 0 Å². The minimum Gasteiger partial charge on any atom is -0.361 e. The fourth-order valence-corrected chi connectivity index (χ4v) is 1.84. The number of amides is 1. The van der Waals surface area contributed by atoms with Gasteiger partial charge >= 0.3 is 12.1 Å². The van der Waals surface area contributed by atoms with Crippen molar-refractivity contribution < 1.29 is 27.6 Å². The Morgan fingerprint density at radius 2 is 1.82 bits per heavy atom. The highest BCUT2D eigenvalue weighted by Gasteiger charge is 2.45. The lowest BCUT2D eigenvalue weighted by Crippen LogP contribution is -2.53. The highest BCUT2D eigenvalue weighted by atomic mass is 19.4. The molecule has 2 rings (SSSR count). The smallest absolute Gasteiger partial charge is 0.361 e. The first-order valence-corrected chi connectivity index (χ1v) is 6.32. The van der Waals surface area contributed by atoms with Crippen molar-refractivity contribution in [3.05, 3.63) is 17.5 Å². The van der Waals surface area contributed by atoms with E-state index >= 15 is 0 Å². The summed E-state index contributed by atoms with van der Waals surface area (Å²) < 4.78 is 36.0. The van der Waals surface area contributed by atoms with Crippen LogP contribution in [0.2, 0.25) is 0 Å². The molecular formula is C12H13F3N4O3. The summed E-state index contributed by atoms with van der Waals surface area (Å²) in [6.07, 6.45) is -5.06. The van der Waals surface area contributed by atoms with E-state index in [1.165, 1.54) is 0 Å². The summed E-state index contributed by atoms with van der Waals surface area (Å²) in [6, 6.07) is 1.73. The van der Waals surface area contributed by atoms with Crippen molar-refractivity contribution in [1.29, 1.82) is 0 Å². The van der Waals surface area contributed by atoms with Gasteiger partial charge in [-0.1, -0.05) is 0 Å². The molecule has 1 aliphatic rings. The second-order valence-corrected chi connectivity index (χ2v) is 4.88. The molecular weight excluding hydrogens is 305 g/mol. The minimum absolute atomic E-state index is 0.113. The van der Waals surface area contributed by atoms with Gasteiger partial charge < -0.3 is 4.84 Å². The molecule has 0 radical (unpaired) electrons. The molecule has 1 fully saturated rings. The quantitative estimate of drug-likeness (QED) is 0.894. The van der Waals surface area contributed by atoms with Crippen molar-refractivity contribution in [3.63, 3.8) is 0 Å². The predicted molar refractivity (Wildman–Crippen MR) is 67.3 cm³/mol. The van der Waals surface area contributed by atoms with Crippen LogP contribution in [-0.2, 0) is 14.4 Å². The Kier molecular flexibility index (Phi) is 4.31. The number of halogens is 3. The lowest BCUT2D eigenvalue weighted by Gasteiger charge is -2.35. The third-order valence-electron chi connectivity index (χ3n) is 2.88. The van der Waals surface area contributed by atoms with Gasteiger partial charge in [0.15, 0.2) is 0 Å². The Morgan fingerprint density at radius 3 is 2.32 bits per heavy atom. The van der Waals surface area contributed by atoms with E-state index in [0.29, 0.717) is 11.4 Å². The Balaban J connectivity index is 1.83. The van der Waals surface area contributed by atoms with Gasteiger partial charge in [0.05, 0.1) is 5.92 Å². The van der Waals surface area contributed by atoms with Gasteiger partial charge in [-0.2, -0.15) is 13.2 Å². The van der Waals surface area contributed by atoms with E-state index in [-0.39, 0.29) is 19.0 Å². The maximum atomic E-state index is 12.0. The van der Waals surface area contributed by atoms with Gasteiger partial charge in [0.1, 0.15) is 0 Å². The van der Waals surface area contributed by atoms with Gasteiger partial charge in [-0.05, 0) is 19.9 Å². The molecule has 7 nitrogen and oxygen atoms in total. The van der Waals surface area contributed by atoms with Gasteiger partial charge in [-0.25, -0.2) is 14.8 Å². The third kappa shape index (κ3) is 3.91. The number of anilines is 1. The molecule has 1 aromatic heterocycles. The number of hydroxylamine groups is 2. The number of rotatable bonds is 3. The number of carbonyl (C=O) groups excluding carboxylic acids is 2. The molecule has 0 bridgehead atoms. The number of aryl methyl sites for hydroxylation is 2. The van der Waals surface area contributed by atoms with E-state index < -0.39 is 24.0 Å². The Hall–Kier alpha value is -2.23. The fourth-order valence-electron chi connectivity index (χ4n) is 1.84. The molecule has 0 unspecified atom stereocenters. The van der Waals surface area contributed by atoms with E-state index in [0.717, 1.165) is 5.06 Å². The van der Waals surface area contributed by atoms with E-state index in [1.807, 2.05) is 0 Å². The number of hydrogen-bond donors (Lipinski definition) is 1. The second kappa shape index (κ2) is 5.87. The molecule has 1 aromatic rings. The fraction of sp³-hybridized carbons (Fsp3) is 0.500. The first-order valence-electron chi connectivity index (χ1n) is 6.32. The van der Waals surface area contributed by atoms with E-state index in [2.05, 4.69) is 20.1 Å². The van der Waals surface area contributed by atoms with Crippen LogP contribution in [0.25, 0.3) is 0 Å². The SMILES string of the molecule is Cc1cc(C)nc(NC(=O)C2CN(OC(=O)C(F)(F)F)C2)n1. The van der Waals surface area contributed by atoms with E-state index in [4.69, 9.17) is 0 Å². The second-order valence-electron chi connectivity index (χ2n) is 4.88. The van der Waals surface area contributed by atoms with Crippen molar-refractivity contribution in [2.75, 3.05) is 18.4 Å². The number of nitrogens with one attached hydrogen (secondary N) is 1. The van der Waals surface area contributed by atoms with Crippen LogP contribution in [0, 0.1) is 19.8 Å². The lowest BCUT2D eigenvalue weighted by molar-refractivity contribution is -0.256. The molecule has 0 atom stereocenters. The van der Waals surface area contributed by atoms with Gasteiger partial charge in [0.25, 0.3) is 0 Å². The van der Waals surface area contributed by atoms with Crippen LogP contribution in [0.5, 0.6) is 0 Å². The highest BCUT2D eigenvalue weighted by molar-refractivity contribution is 5.91. The maximum Gasteiger partial charge on any atom is 0.492 e. The first-order chi connectivity index (χ1) is 10.1. The first kappa shape index (κ1) is 16.1. The molecule has 0 saturated carbocycles. The van der Waals surface area contributed by atoms with Crippen molar-refractivity contribution in [2.24, 2.45) is 5.92 Å². The summed E-state index contributed by atoms with van der Waals surface area (Å²) >= 11 is 0. The standard InChI is InChI=1S/C12H13F3N4O3/c1-6-3-7(2)17-11(16-6)18-9(20)8-4-19(5-8)22-10(21)12(13,14)15/h3,8H,4-5H2,1-2H3,(H,16,17,18,20). The molecule has 0 spiro atoms. The van der Waals surface area contributed by atoms with E-state index in [1.54, 1.807) is 19.9 Å². The van der Waals surface area contributed by atoms with Crippen molar-refractivity contribution in [2.45, 2.75) is 20.0 Å². The molecule has 10 heteroatoms. The third-order valence-corrected chi connectivity index (χ3v) is 2.88. The summed E-state index contributed by atoms with van der Waals surface area (Å²) in [5.41, 5.74) is 1.36. The monoisotopic (exact) mass is 318 g/mol. The average Bonchev–Trinajstić information content (AvgIpc) is 2.29. The van der Waals surface area contributed by atoms with Crippen LogP contribution in [0.1, 0.15) is 11.4 Å². The topological polar surface area (TPSA) is 84.4 Å². The average molecular weight is 318 g/mol. The molecule has 22 heavy (non-hydrogen) atoms. The van der Waals surface area contributed by atoms with E-state index in [9.17, 15) is 22.8 Å². The molecule has 0 aliphatic carbocycles. The number of carbonyl (C=O) groups is 2. The van der Waals surface area contributed by atoms with Gasteiger partial charge in [-0.15, -0.1) is 5.06 Å². The summed E-state index contributed by atoms with van der Waals surface area (Å²) in [5, 5.41) is 3.26. The minimum atomic E-state index is -5.06. The lowest BCUT2D eigenvalue weighted by atomic mass is 10.0. The summed E-state index contributed by atoms with van der Waals surface area (Å²) in [4.78, 5) is 34.6. The number of alkyl halides is 3. The van der Waals surface area contributed by atoms with Crippen LogP contribution in [-0.4, -0.2) is 46.2 Å². The summed E-state index contributed by atoms with van der Waals surface area (Å²) in [7, 11) is 0. The Bertz CT molecular complexity index is 580. The summed E-state index contributed by atoms with van der Waals surface area (Å²) in [6.45, 7) is 3.26. The Morgan fingerprint density at radius 1 is 1.27 bits per heavy atom. The molecule has 120 valence electrons. The largest absolute Gasteiger partial charge is 0.492 e. The van der Waals surface area contributed by atoms with Gasteiger partial charge in [0, 0.05) is 24.5 Å². The van der Waals surface area contributed by atoms with Crippen LogP contribution < -0.4 is 5.32 Å². The molecule has 2 heterocycles. The maximum absolute atomic E-state index is 12.0. The molecule has 1 N–H and O–H groups in total. The normalized spacial score (nSPS) is 16.0. The Labute approximate surface area is 123 Å². The van der Waals surface area contributed by atoms with Gasteiger partial charge in [-0.3, -0.25) is 10.1 Å².